The van der Waals surface area contributed by atoms with Gasteiger partial charge in [-0.1, -0.05) is 12.8 Å². The number of benzene rings is 2. The molecule has 2 fully saturated rings. The maximum absolute atomic E-state index is 13.6. The number of hydrogen-bond acceptors (Lipinski definition) is 4. The van der Waals surface area contributed by atoms with E-state index < -0.39 is 29.3 Å². The summed E-state index contributed by atoms with van der Waals surface area (Å²) in [5, 5.41) is 9.12. The molecule has 2 amide bonds. The zero-order chi connectivity index (χ0) is 24.6. The van der Waals surface area contributed by atoms with Crippen molar-refractivity contribution in [3.05, 3.63) is 58.7 Å². The molecule has 0 bridgehead atoms. The molecule has 34 heavy (non-hydrogen) atoms. The van der Waals surface area contributed by atoms with Gasteiger partial charge in [0.2, 0.25) is 0 Å². The van der Waals surface area contributed by atoms with Gasteiger partial charge in [0.1, 0.15) is 0 Å². The summed E-state index contributed by atoms with van der Waals surface area (Å²) in [7, 11) is 0. The Bertz CT molecular complexity index is 1170. The average molecular weight is 471 g/mol. The van der Waals surface area contributed by atoms with Crippen LogP contribution >= 0.6 is 0 Å². The van der Waals surface area contributed by atoms with Crippen LogP contribution in [0.15, 0.2) is 36.4 Å². The number of ether oxygens (including phenoxy) is 1. The Morgan fingerprint density at radius 3 is 2.21 bits per heavy atom. The summed E-state index contributed by atoms with van der Waals surface area (Å²) in [5.41, 5.74) is 0.213. The van der Waals surface area contributed by atoms with E-state index in [4.69, 9.17) is 10.00 Å². The van der Waals surface area contributed by atoms with Crippen molar-refractivity contribution in [2.45, 2.75) is 57.8 Å². The molecule has 6 nitrogen and oxygen atoms in total. The molecule has 0 unspecified atom stereocenters. The largest absolute Gasteiger partial charge is 0.462 e. The predicted octanol–water partition coefficient (Wildman–Crippen LogP) is 5.82. The van der Waals surface area contributed by atoms with Gasteiger partial charge in [-0.15, -0.1) is 0 Å². The third-order valence-electron chi connectivity index (χ3n) is 6.46. The fraction of sp³-hybridized carbons (Fsp3) is 0.400. The first-order valence-electron chi connectivity index (χ1n) is 11.2. The highest BCUT2D eigenvalue weighted by Gasteiger charge is 2.48. The second kappa shape index (κ2) is 9.01. The Balaban J connectivity index is 1.75. The lowest BCUT2D eigenvalue weighted by Crippen LogP contribution is -2.40. The zero-order valence-electron chi connectivity index (χ0n) is 18.9. The normalized spacial score (nSPS) is 20.2. The maximum atomic E-state index is 13.6. The van der Waals surface area contributed by atoms with E-state index in [0.717, 1.165) is 25.0 Å². The third kappa shape index (κ3) is 4.09. The van der Waals surface area contributed by atoms with Crippen molar-refractivity contribution >= 4 is 23.4 Å². The number of rotatable bonds is 4. The Morgan fingerprint density at radius 1 is 1.09 bits per heavy atom. The number of carbonyl (C=O) groups excluding carboxylic acids is 2. The molecule has 2 atom stereocenters. The molecular formula is C25H24F3N3O3. The van der Waals surface area contributed by atoms with E-state index in [1.165, 1.54) is 11.0 Å². The van der Waals surface area contributed by atoms with Crippen molar-refractivity contribution in [2.24, 2.45) is 0 Å². The Kier molecular flexibility index (Phi) is 6.26. The summed E-state index contributed by atoms with van der Waals surface area (Å²) in [5.74, 6) is -0.450. The van der Waals surface area contributed by atoms with Crippen LogP contribution in [-0.4, -0.2) is 30.7 Å². The van der Waals surface area contributed by atoms with E-state index in [0.29, 0.717) is 29.7 Å². The Labute approximate surface area is 195 Å². The van der Waals surface area contributed by atoms with Crippen LogP contribution in [0.25, 0.3) is 0 Å². The second-order valence-corrected chi connectivity index (χ2v) is 8.50. The van der Waals surface area contributed by atoms with E-state index in [9.17, 15) is 22.8 Å². The molecule has 1 heterocycles. The van der Waals surface area contributed by atoms with Crippen LogP contribution < -0.4 is 9.80 Å². The molecule has 0 spiro atoms. The van der Waals surface area contributed by atoms with Gasteiger partial charge in [-0.05, 0) is 68.7 Å². The van der Waals surface area contributed by atoms with Crippen LogP contribution in [0, 0.1) is 18.3 Å². The Morgan fingerprint density at radius 2 is 1.68 bits per heavy atom. The molecule has 0 N–H and O–H groups in total. The van der Waals surface area contributed by atoms with Crippen LogP contribution in [0.1, 0.15) is 59.7 Å². The van der Waals surface area contributed by atoms with Crippen molar-refractivity contribution in [3.63, 3.8) is 0 Å². The van der Waals surface area contributed by atoms with E-state index in [-0.39, 0.29) is 24.4 Å². The number of carbonyl (C=O) groups is 2. The maximum Gasteiger partial charge on any atom is 0.417 e. The highest BCUT2D eigenvalue weighted by Crippen LogP contribution is 2.42. The standard InChI is InChI=1S/C25H24F3N3O3/c1-3-34-23(32)19-11-10-17(12-15(19)2)30-21-6-4-5-7-22(21)31(24(30)33)18-9-8-16(14-29)20(13-18)25(26,27)28/h8-13,21-22H,3-7H2,1-2H3/t21-,22-/m1/s1. The minimum absolute atomic E-state index is 0.121. The van der Waals surface area contributed by atoms with E-state index in [1.807, 2.05) is 0 Å². The average Bonchev–Trinajstić information content (AvgIpc) is 3.09. The molecule has 1 saturated carbocycles. The van der Waals surface area contributed by atoms with Gasteiger partial charge in [0.15, 0.2) is 0 Å². The first-order valence-corrected chi connectivity index (χ1v) is 11.2. The van der Waals surface area contributed by atoms with Crippen molar-refractivity contribution in [3.8, 4) is 6.07 Å². The molecule has 0 radical (unpaired) electrons. The number of urea groups is 1. The summed E-state index contributed by atoms with van der Waals surface area (Å²) >= 11 is 0. The van der Waals surface area contributed by atoms with Crippen molar-refractivity contribution < 1.29 is 27.5 Å². The fourth-order valence-corrected chi connectivity index (χ4v) is 4.95. The van der Waals surface area contributed by atoms with Crippen LogP contribution in [0.3, 0.4) is 0 Å². The number of esters is 1. The van der Waals surface area contributed by atoms with Crippen molar-refractivity contribution in [2.75, 3.05) is 16.4 Å². The molecule has 9 heteroatoms. The highest BCUT2D eigenvalue weighted by atomic mass is 19.4. The van der Waals surface area contributed by atoms with E-state index in [1.54, 1.807) is 43.0 Å². The third-order valence-corrected chi connectivity index (χ3v) is 6.46. The topological polar surface area (TPSA) is 73.6 Å². The number of alkyl halides is 3. The molecule has 0 aromatic heterocycles. The summed E-state index contributed by atoms with van der Waals surface area (Å²) in [6, 6.07) is 9.08. The van der Waals surface area contributed by atoms with Crippen molar-refractivity contribution in [1.82, 2.24) is 0 Å². The van der Waals surface area contributed by atoms with Gasteiger partial charge in [0, 0.05) is 11.4 Å². The van der Waals surface area contributed by atoms with Gasteiger partial charge in [-0.3, -0.25) is 9.80 Å². The molecule has 1 saturated heterocycles. The van der Waals surface area contributed by atoms with Crippen LogP contribution in [-0.2, 0) is 10.9 Å². The van der Waals surface area contributed by atoms with Gasteiger partial charge in [-0.2, -0.15) is 18.4 Å². The molecule has 4 rings (SSSR count). The minimum Gasteiger partial charge on any atom is -0.462 e. The van der Waals surface area contributed by atoms with Crippen LogP contribution in [0.2, 0.25) is 0 Å². The molecule has 2 aromatic rings. The summed E-state index contributed by atoms with van der Waals surface area (Å²) in [6.45, 7) is 3.71. The molecule has 178 valence electrons. The summed E-state index contributed by atoms with van der Waals surface area (Å²) in [6.07, 6.45) is -1.57. The van der Waals surface area contributed by atoms with E-state index >= 15 is 0 Å². The number of aryl methyl sites for hydroxylation is 1. The van der Waals surface area contributed by atoms with Gasteiger partial charge in [0.05, 0.1) is 41.5 Å². The predicted molar refractivity (Wildman–Crippen MR) is 120 cm³/mol. The quantitative estimate of drug-likeness (QED) is 0.527. The minimum atomic E-state index is -4.71. The monoisotopic (exact) mass is 471 g/mol. The number of amides is 2. The van der Waals surface area contributed by atoms with Gasteiger partial charge in [0.25, 0.3) is 0 Å². The van der Waals surface area contributed by atoms with Crippen molar-refractivity contribution in [1.29, 1.82) is 5.26 Å². The van der Waals surface area contributed by atoms with Gasteiger partial charge >= 0.3 is 18.2 Å². The number of halogens is 3. The van der Waals surface area contributed by atoms with Crippen LogP contribution in [0.4, 0.5) is 29.3 Å². The number of hydrogen-bond donors (Lipinski definition) is 0. The fourth-order valence-electron chi connectivity index (χ4n) is 4.95. The number of nitrogens with zero attached hydrogens (tertiary/aromatic N) is 3. The highest BCUT2D eigenvalue weighted by molar-refractivity contribution is 6.08. The number of nitriles is 1. The summed E-state index contributed by atoms with van der Waals surface area (Å²) < 4.78 is 45.8. The Hall–Kier alpha value is -3.54. The molecular weight excluding hydrogens is 447 g/mol. The van der Waals surface area contributed by atoms with Gasteiger partial charge < -0.3 is 4.74 Å². The zero-order valence-corrected chi connectivity index (χ0v) is 18.9. The number of fused-ring (bicyclic) bond motifs is 1. The molecule has 1 aliphatic carbocycles. The molecule has 2 aliphatic rings. The van der Waals surface area contributed by atoms with Crippen LogP contribution in [0.5, 0.6) is 0 Å². The first kappa shape index (κ1) is 23.6. The molecule has 1 aliphatic heterocycles. The lowest BCUT2D eigenvalue weighted by Gasteiger charge is -2.32. The smallest absolute Gasteiger partial charge is 0.417 e. The molecule has 2 aromatic carbocycles. The lowest BCUT2D eigenvalue weighted by atomic mass is 9.89. The van der Waals surface area contributed by atoms with E-state index in [2.05, 4.69) is 0 Å². The summed E-state index contributed by atoms with van der Waals surface area (Å²) in [4.78, 5) is 28.8. The first-order chi connectivity index (χ1) is 16.2. The lowest BCUT2D eigenvalue weighted by molar-refractivity contribution is -0.137. The number of anilines is 2. The SMILES string of the molecule is CCOC(=O)c1ccc(N2C(=O)N(c3ccc(C#N)c(C(F)(F)F)c3)[C@@H]3CCCC[C@H]32)cc1C. The van der Waals surface area contributed by atoms with Gasteiger partial charge in [-0.25, -0.2) is 9.59 Å². The second-order valence-electron chi connectivity index (χ2n) is 8.50.